The van der Waals surface area contributed by atoms with Crippen LogP contribution in [0.15, 0.2) is 36.5 Å². The summed E-state index contributed by atoms with van der Waals surface area (Å²) in [5, 5.41) is 1.18. The summed E-state index contributed by atoms with van der Waals surface area (Å²) in [5.74, 6) is 0. The fourth-order valence-electron chi connectivity index (χ4n) is 2.82. The molecule has 2 heterocycles. The van der Waals surface area contributed by atoms with Crippen LogP contribution in [0.5, 0.6) is 0 Å². The van der Waals surface area contributed by atoms with E-state index < -0.39 is 0 Å². The van der Waals surface area contributed by atoms with Crippen LogP contribution in [0.3, 0.4) is 0 Å². The van der Waals surface area contributed by atoms with Crippen LogP contribution in [0.25, 0.3) is 0 Å². The summed E-state index contributed by atoms with van der Waals surface area (Å²) in [5.41, 5.74) is 7.32. The molecule has 1 atom stereocenters. The van der Waals surface area contributed by atoms with Crippen LogP contribution >= 0.6 is 11.3 Å². The third-order valence-electron chi connectivity index (χ3n) is 4.05. The van der Waals surface area contributed by atoms with E-state index >= 15 is 0 Å². The van der Waals surface area contributed by atoms with E-state index in [-0.39, 0.29) is 11.5 Å². The van der Waals surface area contributed by atoms with Gasteiger partial charge in [0.15, 0.2) is 0 Å². The number of nitrogens with two attached hydrogens (primary N) is 1. The highest BCUT2D eigenvalue weighted by Crippen LogP contribution is 2.43. The third-order valence-corrected chi connectivity index (χ3v) is 5.46. The van der Waals surface area contributed by atoms with Crippen LogP contribution in [0.2, 0.25) is 0 Å². The lowest BCUT2D eigenvalue weighted by Crippen LogP contribution is -2.34. The maximum Gasteiger partial charge on any atom is 0.104 e. The van der Waals surface area contributed by atoms with Crippen molar-refractivity contribution in [2.24, 2.45) is 5.73 Å². The van der Waals surface area contributed by atoms with Crippen molar-refractivity contribution in [2.45, 2.75) is 31.2 Å². The average molecular weight is 288 g/mol. The highest BCUT2D eigenvalue weighted by atomic mass is 32.1. The Morgan fingerprint density at radius 1 is 1.25 bits per heavy atom. The van der Waals surface area contributed by atoms with Crippen molar-refractivity contribution in [2.75, 3.05) is 13.2 Å². The van der Waals surface area contributed by atoms with E-state index in [4.69, 9.17) is 15.5 Å². The minimum atomic E-state index is -0.00266. The molecule has 3 nitrogen and oxygen atoms in total. The fourth-order valence-corrected chi connectivity index (χ4v) is 3.96. The van der Waals surface area contributed by atoms with Gasteiger partial charge in [-0.2, -0.15) is 0 Å². The first-order valence-electron chi connectivity index (χ1n) is 7.07. The molecule has 3 rings (SSSR count). The van der Waals surface area contributed by atoms with Gasteiger partial charge in [0.25, 0.3) is 0 Å². The van der Waals surface area contributed by atoms with E-state index in [1.807, 2.05) is 13.1 Å². The highest BCUT2D eigenvalue weighted by molar-refractivity contribution is 7.11. The molecule has 0 radical (unpaired) electrons. The molecule has 0 bridgehead atoms. The average Bonchev–Trinajstić information content (AvgIpc) is 2.99. The lowest BCUT2D eigenvalue weighted by atomic mass is 9.75. The molecular weight excluding hydrogens is 268 g/mol. The SMILES string of the molecule is CC(N)c1cnc(C2(c3ccccc3)CCOCC2)s1. The first-order chi connectivity index (χ1) is 9.72. The first-order valence-corrected chi connectivity index (χ1v) is 7.89. The number of hydrogen-bond donors (Lipinski definition) is 1. The van der Waals surface area contributed by atoms with Gasteiger partial charge in [-0.1, -0.05) is 30.3 Å². The molecule has 2 aromatic rings. The quantitative estimate of drug-likeness (QED) is 0.943. The lowest BCUT2D eigenvalue weighted by Gasteiger charge is -2.36. The molecule has 1 saturated heterocycles. The Morgan fingerprint density at radius 3 is 2.55 bits per heavy atom. The number of aromatic nitrogens is 1. The fraction of sp³-hybridized carbons (Fsp3) is 0.438. The van der Waals surface area contributed by atoms with Gasteiger partial charge in [-0.15, -0.1) is 11.3 Å². The van der Waals surface area contributed by atoms with E-state index in [0.717, 1.165) is 30.9 Å². The minimum absolute atomic E-state index is 0.00266. The Kier molecular flexibility index (Phi) is 3.87. The van der Waals surface area contributed by atoms with Crippen LogP contribution in [0.4, 0.5) is 0 Å². The van der Waals surface area contributed by atoms with Crippen molar-refractivity contribution in [3.63, 3.8) is 0 Å². The van der Waals surface area contributed by atoms with Crippen molar-refractivity contribution < 1.29 is 4.74 Å². The van der Waals surface area contributed by atoms with Gasteiger partial charge in [0.1, 0.15) is 5.01 Å². The van der Waals surface area contributed by atoms with Gasteiger partial charge in [0.05, 0.1) is 5.41 Å². The van der Waals surface area contributed by atoms with E-state index in [1.54, 1.807) is 11.3 Å². The second kappa shape index (κ2) is 5.64. The molecule has 1 aliphatic heterocycles. The van der Waals surface area contributed by atoms with Gasteiger partial charge in [-0.05, 0) is 25.3 Å². The zero-order valence-corrected chi connectivity index (χ0v) is 12.5. The Hall–Kier alpha value is -1.23. The number of thiazole rings is 1. The Labute approximate surface area is 123 Å². The van der Waals surface area contributed by atoms with E-state index in [0.29, 0.717) is 0 Å². The molecule has 0 amide bonds. The molecule has 2 N–H and O–H groups in total. The van der Waals surface area contributed by atoms with Crippen LogP contribution in [-0.2, 0) is 10.2 Å². The minimum Gasteiger partial charge on any atom is -0.381 e. The normalized spacial score (nSPS) is 19.7. The summed E-state index contributed by atoms with van der Waals surface area (Å²) < 4.78 is 5.57. The monoisotopic (exact) mass is 288 g/mol. The number of rotatable bonds is 3. The van der Waals surface area contributed by atoms with Gasteiger partial charge in [0.2, 0.25) is 0 Å². The predicted molar refractivity (Wildman–Crippen MR) is 82.0 cm³/mol. The summed E-state index contributed by atoms with van der Waals surface area (Å²) in [6, 6.07) is 10.7. The molecular formula is C16H20N2OS. The van der Waals surface area contributed by atoms with Crippen molar-refractivity contribution >= 4 is 11.3 Å². The van der Waals surface area contributed by atoms with Crippen LogP contribution in [-0.4, -0.2) is 18.2 Å². The molecule has 1 aromatic heterocycles. The van der Waals surface area contributed by atoms with Gasteiger partial charge in [-0.25, -0.2) is 4.98 Å². The molecule has 0 spiro atoms. The zero-order chi connectivity index (χ0) is 14.0. The Bertz CT molecular complexity index is 559. The largest absolute Gasteiger partial charge is 0.381 e. The van der Waals surface area contributed by atoms with Crippen molar-refractivity contribution in [3.8, 4) is 0 Å². The predicted octanol–water partition coefficient (Wildman–Crippen LogP) is 3.26. The third kappa shape index (κ3) is 2.39. The van der Waals surface area contributed by atoms with Gasteiger partial charge in [-0.3, -0.25) is 0 Å². The number of nitrogens with zero attached hydrogens (tertiary/aromatic N) is 1. The summed E-state index contributed by atoms with van der Waals surface area (Å²) in [4.78, 5) is 5.85. The molecule has 1 aliphatic rings. The van der Waals surface area contributed by atoms with Crippen molar-refractivity contribution in [1.82, 2.24) is 4.98 Å². The molecule has 106 valence electrons. The number of benzene rings is 1. The second-order valence-electron chi connectivity index (χ2n) is 5.42. The number of ether oxygens (including phenoxy) is 1. The van der Waals surface area contributed by atoms with E-state index in [9.17, 15) is 0 Å². The molecule has 0 saturated carbocycles. The maximum absolute atomic E-state index is 5.98. The molecule has 0 aliphatic carbocycles. The van der Waals surface area contributed by atoms with Crippen LogP contribution < -0.4 is 5.73 Å². The van der Waals surface area contributed by atoms with Crippen LogP contribution in [0, 0.1) is 0 Å². The molecule has 1 fully saturated rings. The lowest BCUT2D eigenvalue weighted by molar-refractivity contribution is 0.0630. The second-order valence-corrected chi connectivity index (χ2v) is 6.48. The van der Waals surface area contributed by atoms with E-state index in [1.165, 1.54) is 10.6 Å². The molecule has 4 heteroatoms. The standard InChI is InChI=1S/C16H20N2OS/c1-12(17)14-11-18-15(20-14)16(7-9-19-10-8-16)13-5-3-2-4-6-13/h2-6,11-12H,7-10,17H2,1H3. The number of hydrogen-bond acceptors (Lipinski definition) is 4. The smallest absolute Gasteiger partial charge is 0.104 e. The summed E-state index contributed by atoms with van der Waals surface area (Å²) in [6.45, 7) is 3.60. The summed E-state index contributed by atoms with van der Waals surface area (Å²) >= 11 is 1.75. The maximum atomic E-state index is 5.98. The first kappa shape index (κ1) is 13.7. The molecule has 1 unspecified atom stereocenters. The van der Waals surface area contributed by atoms with Gasteiger partial charge >= 0.3 is 0 Å². The van der Waals surface area contributed by atoms with Crippen molar-refractivity contribution in [3.05, 3.63) is 52.0 Å². The zero-order valence-electron chi connectivity index (χ0n) is 11.7. The highest BCUT2D eigenvalue weighted by Gasteiger charge is 2.38. The summed E-state index contributed by atoms with van der Waals surface area (Å²) in [6.07, 6.45) is 3.91. The van der Waals surface area contributed by atoms with Crippen LogP contribution in [0.1, 0.15) is 41.3 Å². The Morgan fingerprint density at radius 2 is 1.95 bits per heavy atom. The van der Waals surface area contributed by atoms with E-state index in [2.05, 4.69) is 30.3 Å². The molecule has 20 heavy (non-hydrogen) atoms. The van der Waals surface area contributed by atoms with Gasteiger partial charge < -0.3 is 10.5 Å². The molecule has 1 aromatic carbocycles. The van der Waals surface area contributed by atoms with Gasteiger partial charge in [0, 0.05) is 30.3 Å². The Balaban J connectivity index is 2.05. The topological polar surface area (TPSA) is 48.1 Å². The van der Waals surface area contributed by atoms with Crippen molar-refractivity contribution in [1.29, 1.82) is 0 Å². The summed E-state index contributed by atoms with van der Waals surface area (Å²) in [7, 11) is 0.